The summed E-state index contributed by atoms with van der Waals surface area (Å²) in [6, 6.07) is 17.1. The number of aryl methyl sites for hydroxylation is 1. The summed E-state index contributed by atoms with van der Waals surface area (Å²) >= 11 is 0. The number of methoxy groups -OCH3 is 1. The predicted octanol–water partition coefficient (Wildman–Crippen LogP) is 4.11. The first kappa shape index (κ1) is 19.2. The lowest BCUT2D eigenvalue weighted by Crippen LogP contribution is -2.06. The van der Waals surface area contributed by atoms with Crippen molar-refractivity contribution in [3.05, 3.63) is 65.9 Å². The molecule has 2 aromatic carbocycles. The van der Waals surface area contributed by atoms with Gasteiger partial charge in [0.1, 0.15) is 11.6 Å². The van der Waals surface area contributed by atoms with E-state index in [0.29, 0.717) is 12.5 Å². The summed E-state index contributed by atoms with van der Waals surface area (Å²) in [4.78, 5) is 20.1. The average molecular weight is 377 g/mol. The number of ether oxygens (including phenoxy) is 1. The van der Waals surface area contributed by atoms with Crippen LogP contribution in [0, 0.1) is 6.92 Å². The lowest BCUT2D eigenvalue weighted by molar-refractivity contribution is -0.114. The second-order valence-electron chi connectivity index (χ2n) is 6.30. The van der Waals surface area contributed by atoms with E-state index in [4.69, 9.17) is 4.74 Å². The fourth-order valence-corrected chi connectivity index (χ4v) is 2.62. The summed E-state index contributed by atoms with van der Waals surface area (Å²) in [5, 5.41) is 9.24. The Morgan fingerprint density at radius 3 is 2.32 bits per heavy atom. The SMILES string of the molecule is COc1ccc(CNc2cc(C)nc(Nc3ccc(NC(C)=O)cc3)n2)cc1. The van der Waals surface area contributed by atoms with E-state index in [0.717, 1.165) is 34.2 Å². The van der Waals surface area contributed by atoms with Gasteiger partial charge < -0.3 is 20.7 Å². The van der Waals surface area contributed by atoms with Crippen LogP contribution in [0.4, 0.5) is 23.1 Å². The van der Waals surface area contributed by atoms with Crippen LogP contribution in [0.5, 0.6) is 5.75 Å². The lowest BCUT2D eigenvalue weighted by atomic mass is 10.2. The third kappa shape index (κ3) is 5.44. The van der Waals surface area contributed by atoms with Crippen molar-refractivity contribution in [2.24, 2.45) is 0 Å². The number of hydrogen-bond acceptors (Lipinski definition) is 6. The number of carbonyl (C=O) groups is 1. The molecule has 7 nitrogen and oxygen atoms in total. The number of benzene rings is 2. The highest BCUT2D eigenvalue weighted by molar-refractivity contribution is 5.88. The Morgan fingerprint density at radius 1 is 1.00 bits per heavy atom. The highest BCUT2D eigenvalue weighted by atomic mass is 16.5. The molecule has 0 aliphatic rings. The van der Waals surface area contributed by atoms with E-state index in [1.807, 2.05) is 61.5 Å². The molecule has 7 heteroatoms. The molecule has 28 heavy (non-hydrogen) atoms. The number of anilines is 4. The number of nitrogens with zero attached hydrogens (tertiary/aromatic N) is 2. The number of amides is 1. The van der Waals surface area contributed by atoms with Crippen LogP contribution >= 0.6 is 0 Å². The molecule has 0 fully saturated rings. The summed E-state index contributed by atoms with van der Waals surface area (Å²) in [5.41, 5.74) is 3.55. The number of hydrogen-bond donors (Lipinski definition) is 3. The minimum absolute atomic E-state index is 0.102. The van der Waals surface area contributed by atoms with Crippen LogP contribution in [-0.4, -0.2) is 23.0 Å². The molecular formula is C21H23N5O2. The molecule has 144 valence electrons. The molecule has 3 rings (SSSR count). The maximum absolute atomic E-state index is 11.1. The van der Waals surface area contributed by atoms with Gasteiger partial charge >= 0.3 is 0 Å². The van der Waals surface area contributed by atoms with Crippen molar-refractivity contribution >= 4 is 29.0 Å². The second-order valence-corrected chi connectivity index (χ2v) is 6.30. The Labute approximate surface area is 164 Å². The molecule has 1 amide bonds. The first-order valence-electron chi connectivity index (χ1n) is 8.89. The Balaban J connectivity index is 1.66. The maximum atomic E-state index is 11.1. The number of rotatable bonds is 7. The van der Waals surface area contributed by atoms with E-state index in [1.165, 1.54) is 6.92 Å². The van der Waals surface area contributed by atoms with Crippen LogP contribution < -0.4 is 20.7 Å². The van der Waals surface area contributed by atoms with Crippen molar-refractivity contribution in [2.75, 3.05) is 23.1 Å². The Morgan fingerprint density at radius 2 is 1.68 bits per heavy atom. The van der Waals surface area contributed by atoms with Gasteiger partial charge in [0.05, 0.1) is 7.11 Å². The van der Waals surface area contributed by atoms with Crippen LogP contribution in [0.25, 0.3) is 0 Å². The van der Waals surface area contributed by atoms with Gasteiger partial charge in [-0.1, -0.05) is 12.1 Å². The Kier molecular flexibility index (Phi) is 6.06. The summed E-state index contributed by atoms with van der Waals surface area (Å²) in [7, 11) is 1.65. The van der Waals surface area contributed by atoms with Crippen LogP contribution in [0.15, 0.2) is 54.6 Å². The highest BCUT2D eigenvalue weighted by Gasteiger charge is 2.04. The second kappa shape index (κ2) is 8.85. The number of nitrogens with one attached hydrogen (secondary N) is 3. The smallest absolute Gasteiger partial charge is 0.229 e. The van der Waals surface area contributed by atoms with Crippen molar-refractivity contribution in [1.29, 1.82) is 0 Å². The van der Waals surface area contributed by atoms with Gasteiger partial charge in [-0.15, -0.1) is 0 Å². The minimum Gasteiger partial charge on any atom is -0.497 e. The van der Waals surface area contributed by atoms with E-state index in [1.54, 1.807) is 7.11 Å². The third-order valence-corrected chi connectivity index (χ3v) is 3.95. The topological polar surface area (TPSA) is 88.2 Å². The van der Waals surface area contributed by atoms with E-state index in [-0.39, 0.29) is 5.91 Å². The van der Waals surface area contributed by atoms with E-state index >= 15 is 0 Å². The van der Waals surface area contributed by atoms with Gasteiger partial charge in [-0.2, -0.15) is 4.98 Å². The largest absolute Gasteiger partial charge is 0.497 e. The fraction of sp³-hybridized carbons (Fsp3) is 0.190. The molecule has 3 N–H and O–H groups in total. The molecule has 0 unspecified atom stereocenters. The third-order valence-electron chi connectivity index (χ3n) is 3.95. The maximum Gasteiger partial charge on any atom is 0.229 e. The highest BCUT2D eigenvalue weighted by Crippen LogP contribution is 2.19. The molecule has 0 spiro atoms. The Hall–Kier alpha value is -3.61. The zero-order valence-corrected chi connectivity index (χ0v) is 16.1. The molecule has 0 bridgehead atoms. The van der Waals surface area contributed by atoms with Crippen molar-refractivity contribution < 1.29 is 9.53 Å². The normalized spacial score (nSPS) is 10.2. The fourth-order valence-electron chi connectivity index (χ4n) is 2.62. The summed E-state index contributed by atoms with van der Waals surface area (Å²) < 4.78 is 5.18. The average Bonchev–Trinajstić information content (AvgIpc) is 2.67. The van der Waals surface area contributed by atoms with Gasteiger partial charge in [-0.25, -0.2) is 4.98 Å². The number of aromatic nitrogens is 2. The zero-order chi connectivity index (χ0) is 19.9. The molecule has 1 aromatic heterocycles. The van der Waals surface area contributed by atoms with Crippen molar-refractivity contribution in [3.63, 3.8) is 0 Å². The molecule has 0 atom stereocenters. The molecule has 0 aliphatic heterocycles. The summed E-state index contributed by atoms with van der Waals surface area (Å²) in [6.07, 6.45) is 0. The lowest BCUT2D eigenvalue weighted by Gasteiger charge is -2.11. The van der Waals surface area contributed by atoms with Crippen LogP contribution in [-0.2, 0) is 11.3 Å². The standard InChI is InChI=1S/C21H23N5O2/c1-14-12-20(22-13-16-4-10-19(28-3)11-5-16)26-21(23-14)25-18-8-6-17(7-9-18)24-15(2)27/h4-12H,13H2,1-3H3,(H,24,27)(H2,22,23,25,26). The number of carbonyl (C=O) groups excluding carboxylic acids is 1. The molecular weight excluding hydrogens is 354 g/mol. The molecule has 1 heterocycles. The first-order chi connectivity index (χ1) is 13.5. The predicted molar refractivity (Wildman–Crippen MR) is 111 cm³/mol. The zero-order valence-electron chi connectivity index (χ0n) is 16.1. The van der Waals surface area contributed by atoms with Gasteiger partial charge in [0.15, 0.2) is 0 Å². The van der Waals surface area contributed by atoms with Gasteiger partial charge in [-0.3, -0.25) is 4.79 Å². The van der Waals surface area contributed by atoms with Crippen molar-refractivity contribution in [3.8, 4) is 5.75 Å². The first-order valence-corrected chi connectivity index (χ1v) is 8.89. The monoisotopic (exact) mass is 377 g/mol. The summed E-state index contributed by atoms with van der Waals surface area (Å²) in [6.45, 7) is 4.05. The molecule has 0 saturated heterocycles. The van der Waals surface area contributed by atoms with Crippen LogP contribution in [0.2, 0.25) is 0 Å². The Bertz CT molecular complexity index is 940. The quantitative estimate of drug-likeness (QED) is 0.574. The summed E-state index contributed by atoms with van der Waals surface area (Å²) in [5.74, 6) is 1.97. The molecule has 0 radical (unpaired) electrons. The van der Waals surface area contributed by atoms with E-state index in [9.17, 15) is 4.79 Å². The van der Waals surface area contributed by atoms with Gasteiger partial charge in [0, 0.05) is 36.6 Å². The van der Waals surface area contributed by atoms with Crippen molar-refractivity contribution in [2.45, 2.75) is 20.4 Å². The van der Waals surface area contributed by atoms with Crippen molar-refractivity contribution in [1.82, 2.24) is 9.97 Å². The van der Waals surface area contributed by atoms with Gasteiger partial charge in [-0.05, 0) is 48.9 Å². The van der Waals surface area contributed by atoms with Crippen LogP contribution in [0.3, 0.4) is 0 Å². The molecule has 0 saturated carbocycles. The molecule has 3 aromatic rings. The van der Waals surface area contributed by atoms with Crippen LogP contribution in [0.1, 0.15) is 18.2 Å². The minimum atomic E-state index is -0.102. The van der Waals surface area contributed by atoms with Gasteiger partial charge in [0.2, 0.25) is 11.9 Å². The van der Waals surface area contributed by atoms with E-state index < -0.39 is 0 Å². The van der Waals surface area contributed by atoms with Gasteiger partial charge in [0.25, 0.3) is 0 Å². The molecule has 0 aliphatic carbocycles. The van der Waals surface area contributed by atoms with E-state index in [2.05, 4.69) is 25.9 Å².